The second-order valence-electron chi connectivity index (χ2n) is 3.37. The standard InChI is InChI=1S/C9H21NO3/c1-7(2)12-4-5-13-9(6-11)8(3)10/h7-9,11H,4-6,10H2,1-3H3. The molecule has 0 aliphatic heterocycles. The van der Waals surface area contributed by atoms with Gasteiger partial charge < -0.3 is 20.3 Å². The first-order chi connectivity index (χ1) is 6.07. The molecular weight excluding hydrogens is 170 g/mol. The van der Waals surface area contributed by atoms with Crippen molar-refractivity contribution in [3.8, 4) is 0 Å². The molecule has 13 heavy (non-hydrogen) atoms. The van der Waals surface area contributed by atoms with Crippen LogP contribution in [0.3, 0.4) is 0 Å². The molecule has 0 aromatic heterocycles. The highest BCUT2D eigenvalue weighted by Gasteiger charge is 2.12. The lowest BCUT2D eigenvalue weighted by molar-refractivity contribution is -0.0379. The largest absolute Gasteiger partial charge is 0.394 e. The molecule has 0 saturated heterocycles. The molecule has 0 radical (unpaired) electrons. The lowest BCUT2D eigenvalue weighted by Crippen LogP contribution is -2.37. The molecule has 0 heterocycles. The van der Waals surface area contributed by atoms with E-state index in [0.29, 0.717) is 13.2 Å². The van der Waals surface area contributed by atoms with Crippen LogP contribution in [0.5, 0.6) is 0 Å². The first kappa shape index (κ1) is 12.8. The monoisotopic (exact) mass is 191 g/mol. The Balaban J connectivity index is 3.39. The van der Waals surface area contributed by atoms with Crippen molar-refractivity contribution in [3.05, 3.63) is 0 Å². The molecule has 3 N–H and O–H groups in total. The minimum atomic E-state index is -0.282. The fraction of sp³-hybridized carbons (Fsp3) is 1.00. The van der Waals surface area contributed by atoms with Crippen molar-refractivity contribution in [2.24, 2.45) is 5.73 Å². The number of hydrogen-bond acceptors (Lipinski definition) is 4. The van der Waals surface area contributed by atoms with Crippen molar-refractivity contribution in [2.45, 2.75) is 39.0 Å². The van der Waals surface area contributed by atoms with Gasteiger partial charge in [0.1, 0.15) is 0 Å². The summed E-state index contributed by atoms with van der Waals surface area (Å²) in [6.07, 6.45) is -0.0674. The van der Waals surface area contributed by atoms with Gasteiger partial charge in [0.05, 0.1) is 32.0 Å². The van der Waals surface area contributed by atoms with Gasteiger partial charge in [0.15, 0.2) is 0 Å². The van der Waals surface area contributed by atoms with E-state index in [4.69, 9.17) is 20.3 Å². The summed E-state index contributed by atoms with van der Waals surface area (Å²) in [6, 6.07) is -0.149. The van der Waals surface area contributed by atoms with Gasteiger partial charge in [0.25, 0.3) is 0 Å². The minimum absolute atomic E-state index is 0.0423. The maximum Gasteiger partial charge on any atom is 0.0954 e. The highest BCUT2D eigenvalue weighted by atomic mass is 16.5. The van der Waals surface area contributed by atoms with E-state index in [0.717, 1.165) is 0 Å². The van der Waals surface area contributed by atoms with Crippen LogP contribution in [0.2, 0.25) is 0 Å². The van der Waals surface area contributed by atoms with Gasteiger partial charge in [-0.1, -0.05) is 0 Å². The van der Waals surface area contributed by atoms with Gasteiger partial charge in [-0.2, -0.15) is 0 Å². The lowest BCUT2D eigenvalue weighted by Gasteiger charge is -2.19. The average molecular weight is 191 g/mol. The zero-order chi connectivity index (χ0) is 10.3. The third-order valence-corrected chi connectivity index (χ3v) is 1.63. The quantitative estimate of drug-likeness (QED) is 0.562. The topological polar surface area (TPSA) is 64.7 Å². The molecular formula is C9H21NO3. The molecule has 2 atom stereocenters. The van der Waals surface area contributed by atoms with Crippen LogP contribution >= 0.6 is 0 Å². The van der Waals surface area contributed by atoms with Crippen LogP contribution in [0.25, 0.3) is 0 Å². The molecule has 0 aliphatic rings. The fourth-order valence-electron chi connectivity index (χ4n) is 0.854. The molecule has 0 aromatic rings. The Morgan fingerprint density at radius 2 is 1.69 bits per heavy atom. The summed E-state index contributed by atoms with van der Waals surface area (Å²) in [5.74, 6) is 0. The van der Waals surface area contributed by atoms with E-state index >= 15 is 0 Å². The Morgan fingerprint density at radius 3 is 2.08 bits per heavy atom. The molecule has 80 valence electrons. The van der Waals surface area contributed by atoms with Crippen molar-refractivity contribution >= 4 is 0 Å². The van der Waals surface area contributed by atoms with Crippen molar-refractivity contribution in [1.82, 2.24) is 0 Å². The third kappa shape index (κ3) is 6.95. The van der Waals surface area contributed by atoms with Crippen LogP contribution in [0, 0.1) is 0 Å². The van der Waals surface area contributed by atoms with Gasteiger partial charge >= 0.3 is 0 Å². The first-order valence-corrected chi connectivity index (χ1v) is 4.67. The van der Waals surface area contributed by atoms with Gasteiger partial charge in [-0.25, -0.2) is 0 Å². The fourth-order valence-corrected chi connectivity index (χ4v) is 0.854. The zero-order valence-electron chi connectivity index (χ0n) is 8.69. The highest BCUT2D eigenvalue weighted by molar-refractivity contribution is 4.66. The molecule has 0 saturated carbocycles. The highest BCUT2D eigenvalue weighted by Crippen LogP contribution is 1.96. The summed E-state index contributed by atoms with van der Waals surface area (Å²) in [6.45, 7) is 6.72. The van der Waals surface area contributed by atoms with E-state index in [2.05, 4.69) is 0 Å². The van der Waals surface area contributed by atoms with Crippen LogP contribution in [0.1, 0.15) is 20.8 Å². The summed E-state index contributed by atoms with van der Waals surface area (Å²) in [5.41, 5.74) is 5.56. The normalized spacial score (nSPS) is 16.2. The SMILES string of the molecule is CC(C)OCCOC(CO)C(C)N. The number of aliphatic hydroxyl groups excluding tert-OH is 1. The maximum absolute atomic E-state index is 8.86. The number of rotatable bonds is 7. The molecule has 2 unspecified atom stereocenters. The second-order valence-corrected chi connectivity index (χ2v) is 3.37. The summed E-state index contributed by atoms with van der Waals surface area (Å²) in [4.78, 5) is 0. The van der Waals surface area contributed by atoms with Gasteiger partial charge in [0.2, 0.25) is 0 Å². The van der Waals surface area contributed by atoms with Gasteiger partial charge in [0, 0.05) is 6.04 Å². The molecule has 0 spiro atoms. The van der Waals surface area contributed by atoms with E-state index in [-0.39, 0.29) is 24.9 Å². The molecule has 0 aromatic carbocycles. The van der Waals surface area contributed by atoms with Gasteiger partial charge in [-0.05, 0) is 20.8 Å². The van der Waals surface area contributed by atoms with Crippen LogP contribution in [0.15, 0.2) is 0 Å². The van der Waals surface area contributed by atoms with Crippen molar-refractivity contribution < 1.29 is 14.6 Å². The second kappa shape index (κ2) is 7.26. The Hall–Kier alpha value is -0.160. The predicted octanol–water partition coefficient (Wildman–Crippen LogP) is 0.136. The third-order valence-electron chi connectivity index (χ3n) is 1.63. The van der Waals surface area contributed by atoms with Crippen molar-refractivity contribution in [3.63, 3.8) is 0 Å². The summed E-state index contributed by atoms with van der Waals surface area (Å²) in [7, 11) is 0. The molecule has 0 fully saturated rings. The number of nitrogens with two attached hydrogens (primary N) is 1. The smallest absolute Gasteiger partial charge is 0.0954 e. The first-order valence-electron chi connectivity index (χ1n) is 4.67. The molecule has 0 rings (SSSR count). The Labute approximate surface area is 80.0 Å². The van der Waals surface area contributed by atoms with Crippen LogP contribution in [0.4, 0.5) is 0 Å². The predicted molar refractivity (Wildman–Crippen MR) is 51.6 cm³/mol. The Kier molecular flexibility index (Phi) is 7.17. The van der Waals surface area contributed by atoms with Crippen molar-refractivity contribution in [2.75, 3.05) is 19.8 Å². The zero-order valence-corrected chi connectivity index (χ0v) is 8.69. The van der Waals surface area contributed by atoms with E-state index in [1.165, 1.54) is 0 Å². The molecule has 0 aliphatic carbocycles. The molecule has 4 nitrogen and oxygen atoms in total. The Bertz CT molecular complexity index is 117. The molecule has 4 heteroatoms. The molecule has 0 amide bonds. The van der Waals surface area contributed by atoms with Crippen LogP contribution < -0.4 is 5.73 Å². The maximum atomic E-state index is 8.86. The van der Waals surface area contributed by atoms with Gasteiger partial charge in [-0.3, -0.25) is 0 Å². The average Bonchev–Trinajstić information content (AvgIpc) is 2.03. The number of hydrogen-bond donors (Lipinski definition) is 2. The van der Waals surface area contributed by atoms with E-state index < -0.39 is 0 Å². The summed E-state index contributed by atoms with van der Waals surface area (Å²) in [5, 5.41) is 8.86. The Morgan fingerprint density at radius 1 is 1.15 bits per heavy atom. The van der Waals surface area contributed by atoms with E-state index in [1.54, 1.807) is 0 Å². The summed E-state index contributed by atoms with van der Waals surface area (Å²) >= 11 is 0. The van der Waals surface area contributed by atoms with Gasteiger partial charge in [-0.15, -0.1) is 0 Å². The van der Waals surface area contributed by atoms with Crippen molar-refractivity contribution in [1.29, 1.82) is 0 Å². The lowest BCUT2D eigenvalue weighted by atomic mass is 10.2. The summed E-state index contributed by atoms with van der Waals surface area (Å²) < 4.78 is 10.6. The number of aliphatic hydroxyl groups is 1. The van der Waals surface area contributed by atoms with E-state index in [9.17, 15) is 0 Å². The van der Waals surface area contributed by atoms with Crippen LogP contribution in [-0.4, -0.2) is 43.2 Å². The number of ether oxygens (including phenoxy) is 2. The van der Waals surface area contributed by atoms with Crippen LogP contribution in [-0.2, 0) is 9.47 Å². The molecule has 0 bridgehead atoms. The van der Waals surface area contributed by atoms with E-state index in [1.807, 2.05) is 20.8 Å². The minimum Gasteiger partial charge on any atom is -0.394 e.